The molecule has 1 aliphatic rings. The number of carbonyl (C=O) groups excluding carboxylic acids is 1. The number of hydrogen-bond donors (Lipinski definition) is 1. The highest BCUT2D eigenvalue weighted by molar-refractivity contribution is 5.75. The Morgan fingerprint density at radius 3 is 2.84 bits per heavy atom. The molecule has 1 fully saturated rings. The molecule has 3 heterocycles. The van der Waals surface area contributed by atoms with Crippen LogP contribution in [0.2, 0.25) is 0 Å². The first-order valence-electron chi connectivity index (χ1n) is 8.82. The molecule has 2 aromatic heterocycles. The van der Waals surface area contributed by atoms with E-state index in [9.17, 15) is 4.79 Å². The molecule has 2 aromatic rings. The minimum Gasteiger partial charge on any atom is -0.337 e. The predicted octanol–water partition coefficient (Wildman–Crippen LogP) is 2.52. The van der Waals surface area contributed by atoms with Crippen molar-refractivity contribution in [3.05, 3.63) is 29.2 Å². The second kappa shape index (κ2) is 7.25. The van der Waals surface area contributed by atoms with E-state index in [-0.39, 0.29) is 18.1 Å². The molecule has 0 radical (unpaired) electrons. The van der Waals surface area contributed by atoms with Crippen LogP contribution in [0.3, 0.4) is 0 Å². The number of hydrogen-bond acceptors (Lipinski definition) is 5. The van der Waals surface area contributed by atoms with Crippen LogP contribution in [0, 0.1) is 20.8 Å². The average molecular weight is 346 g/mol. The van der Waals surface area contributed by atoms with Crippen LogP contribution in [0.5, 0.6) is 0 Å². The molecule has 2 unspecified atom stereocenters. The number of nitrogens with one attached hydrogen (secondary N) is 1. The molecule has 0 bridgehead atoms. The van der Waals surface area contributed by atoms with E-state index in [1.165, 1.54) is 0 Å². The normalized spacial score (nSPS) is 19.0. The van der Waals surface area contributed by atoms with E-state index in [2.05, 4.69) is 20.6 Å². The van der Waals surface area contributed by atoms with Gasteiger partial charge in [0.15, 0.2) is 5.82 Å². The first-order chi connectivity index (χ1) is 11.9. The number of amides is 2. The van der Waals surface area contributed by atoms with Gasteiger partial charge in [-0.05, 0) is 53.0 Å². The maximum Gasteiger partial charge on any atom is 0.318 e. The molecule has 8 heteroatoms. The summed E-state index contributed by atoms with van der Waals surface area (Å²) < 4.78 is 7.23. The lowest BCUT2D eigenvalue weighted by atomic mass is 10.0. The largest absolute Gasteiger partial charge is 0.337 e. The third-order valence-electron chi connectivity index (χ3n) is 4.51. The van der Waals surface area contributed by atoms with Crippen LogP contribution < -0.4 is 5.32 Å². The number of aromatic nitrogens is 4. The van der Waals surface area contributed by atoms with Gasteiger partial charge in [-0.25, -0.2) is 4.79 Å². The molecular weight excluding hydrogens is 320 g/mol. The van der Waals surface area contributed by atoms with Gasteiger partial charge in [-0.3, -0.25) is 4.68 Å². The van der Waals surface area contributed by atoms with E-state index < -0.39 is 0 Å². The Labute approximate surface area is 147 Å². The minimum atomic E-state index is -0.143. The Hall–Kier alpha value is -2.38. The number of piperidine rings is 1. The maximum atomic E-state index is 12.8. The Morgan fingerprint density at radius 1 is 1.40 bits per heavy atom. The fourth-order valence-electron chi connectivity index (χ4n) is 3.34. The number of rotatable bonds is 4. The van der Waals surface area contributed by atoms with E-state index >= 15 is 0 Å². The molecule has 1 N–H and O–H groups in total. The molecule has 136 valence electrons. The van der Waals surface area contributed by atoms with Gasteiger partial charge in [0.2, 0.25) is 5.89 Å². The molecule has 0 aromatic carbocycles. The molecule has 1 saturated heterocycles. The van der Waals surface area contributed by atoms with Gasteiger partial charge in [0.1, 0.15) is 6.04 Å². The van der Waals surface area contributed by atoms with E-state index in [1.807, 2.05) is 36.4 Å². The molecular formula is C17H26N6O2. The van der Waals surface area contributed by atoms with Crippen LogP contribution in [0.4, 0.5) is 4.79 Å². The smallest absolute Gasteiger partial charge is 0.318 e. The first-order valence-corrected chi connectivity index (χ1v) is 8.82. The Morgan fingerprint density at radius 2 is 2.20 bits per heavy atom. The Bertz CT molecular complexity index is 737. The highest BCUT2D eigenvalue weighted by Gasteiger charge is 2.32. The molecule has 0 saturated carbocycles. The van der Waals surface area contributed by atoms with Crippen molar-refractivity contribution in [1.82, 2.24) is 30.1 Å². The summed E-state index contributed by atoms with van der Waals surface area (Å²) in [5.74, 6) is 1.12. The van der Waals surface area contributed by atoms with E-state index in [4.69, 9.17) is 4.52 Å². The third-order valence-corrected chi connectivity index (χ3v) is 4.51. The van der Waals surface area contributed by atoms with Crippen molar-refractivity contribution in [2.75, 3.05) is 6.54 Å². The van der Waals surface area contributed by atoms with Crippen molar-refractivity contribution in [2.24, 2.45) is 0 Å². The van der Waals surface area contributed by atoms with Crippen LogP contribution in [0.1, 0.15) is 55.3 Å². The predicted molar refractivity (Wildman–Crippen MR) is 92.0 cm³/mol. The molecule has 2 amide bonds. The van der Waals surface area contributed by atoms with Crippen molar-refractivity contribution in [3.63, 3.8) is 0 Å². The standard InChI is InChI=1S/C17H26N6O2/c1-11-9-13(3)23(20-11)10-12(2)18-17(24)22-8-6-5-7-15(22)16-19-14(4)21-25-16/h9,12,15H,5-8,10H2,1-4H3,(H,18,24). The average Bonchev–Trinajstić information content (AvgIpc) is 3.12. The molecule has 1 aliphatic heterocycles. The Balaban J connectivity index is 1.65. The van der Waals surface area contributed by atoms with Crippen molar-refractivity contribution in [1.29, 1.82) is 0 Å². The first kappa shape index (κ1) is 17.4. The summed E-state index contributed by atoms with van der Waals surface area (Å²) in [4.78, 5) is 18.9. The maximum absolute atomic E-state index is 12.8. The zero-order chi connectivity index (χ0) is 18.0. The fraction of sp³-hybridized carbons (Fsp3) is 0.647. The summed E-state index contributed by atoms with van der Waals surface area (Å²) in [5.41, 5.74) is 2.08. The number of nitrogens with zero attached hydrogens (tertiary/aromatic N) is 5. The second-order valence-corrected chi connectivity index (χ2v) is 6.84. The summed E-state index contributed by atoms with van der Waals surface area (Å²) in [5, 5.41) is 11.4. The summed E-state index contributed by atoms with van der Waals surface area (Å²) in [6.45, 7) is 9.11. The quantitative estimate of drug-likeness (QED) is 0.919. The molecule has 25 heavy (non-hydrogen) atoms. The van der Waals surface area contributed by atoms with E-state index in [0.717, 1.165) is 30.7 Å². The minimum absolute atomic E-state index is 0.0301. The van der Waals surface area contributed by atoms with E-state index in [1.54, 1.807) is 6.92 Å². The summed E-state index contributed by atoms with van der Waals surface area (Å²) in [7, 11) is 0. The molecule has 3 rings (SSSR count). The Kier molecular flexibility index (Phi) is 5.06. The molecule has 0 aliphatic carbocycles. The lowest BCUT2D eigenvalue weighted by molar-refractivity contribution is 0.129. The number of carbonyl (C=O) groups is 1. The SMILES string of the molecule is Cc1cc(C)n(CC(C)NC(=O)N2CCCCC2c2nc(C)no2)n1. The van der Waals surface area contributed by atoms with Gasteiger partial charge < -0.3 is 14.7 Å². The van der Waals surface area contributed by atoms with Gasteiger partial charge in [-0.2, -0.15) is 10.1 Å². The van der Waals surface area contributed by atoms with Crippen LogP contribution >= 0.6 is 0 Å². The lowest BCUT2D eigenvalue weighted by Crippen LogP contribution is -2.48. The van der Waals surface area contributed by atoms with Gasteiger partial charge >= 0.3 is 6.03 Å². The van der Waals surface area contributed by atoms with Crippen LogP contribution in [-0.4, -0.2) is 43.4 Å². The van der Waals surface area contributed by atoms with Crippen LogP contribution in [0.15, 0.2) is 10.6 Å². The van der Waals surface area contributed by atoms with Gasteiger partial charge in [-0.15, -0.1) is 0 Å². The molecule has 8 nitrogen and oxygen atoms in total. The zero-order valence-corrected chi connectivity index (χ0v) is 15.3. The number of aryl methyl sites for hydroxylation is 3. The summed E-state index contributed by atoms with van der Waals surface area (Å²) in [6.07, 6.45) is 2.89. The zero-order valence-electron chi connectivity index (χ0n) is 15.3. The van der Waals surface area contributed by atoms with Gasteiger partial charge in [0.25, 0.3) is 0 Å². The molecule has 0 spiro atoms. The highest BCUT2D eigenvalue weighted by atomic mass is 16.5. The van der Waals surface area contributed by atoms with Gasteiger partial charge in [0.05, 0.1) is 12.2 Å². The van der Waals surface area contributed by atoms with Crippen molar-refractivity contribution < 1.29 is 9.32 Å². The summed E-state index contributed by atoms with van der Waals surface area (Å²) in [6, 6.07) is 1.77. The lowest BCUT2D eigenvalue weighted by Gasteiger charge is -2.34. The second-order valence-electron chi connectivity index (χ2n) is 6.84. The van der Waals surface area contributed by atoms with Crippen LogP contribution in [-0.2, 0) is 6.54 Å². The van der Waals surface area contributed by atoms with Crippen molar-refractivity contribution >= 4 is 6.03 Å². The third kappa shape index (κ3) is 4.00. The fourth-order valence-corrected chi connectivity index (χ4v) is 3.34. The summed E-state index contributed by atoms with van der Waals surface area (Å²) >= 11 is 0. The highest BCUT2D eigenvalue weighted by Crippen LogP contribution is 2.29. The van der Waals surface area contributed by atoms with Gasteiger partial charge in [-0.1, -0.05) is 5.16 Å². The molecule has 2 atom stereocenters. The van der Waals surface area contributed by atoms with Gasteiger partial charge in [0, 0.05) is 18.3 Å². The topological polar surface area (TPSA) is 89.1 Å². The number of likely N-dealkylation sites (tertiary alicyclic amines) is 1. The van der Waals surface area contributed by atoms with Crippen molar-refractivity contribution in [3.8, 4) is 0 Å². The van der Waals surface area contributed by atoms with Crippen LogP contribution in [0.25, 0.3) is 0 Å². The van der Waals surface area contributed by atoms with E-state index in [0.29, 0.717) is 24.8 Å². The van der Waals surface area contributed by atoms with Crippen molar-refractivity contribution in [2.45, 2.75) is 65.6 Å². The monoisotopic (exact) mass is 346 g/mol. The number of urea groups is 1.